The second-order valence-electron chi connectivity index (χ2n) is 3.44. The summed E-state index contributed by atoms with van der Waals surface area (Å²) in [7, 11) is 0. The van der Waals surface area contributed by atoms with Gasteiger partial charge in [0.15, 0.2) is 0 Å². The molecule has 1 aromatic carbocycles. The number of hydrogen-bond acceptors (Lipinski definition) is 1. The van der Waals surface area contributed by atoms with Gasteiger partial charge in [-0.25, -0.2) is 0 Å². The summed E-state index contributed by atoms with van der Waals surface area (Å²) in [5, 5.41) is 7.83. The van der Waals surface area contributed by atoms with E-state index in [1.54, 1.807) is 0 Å². The van der Waals surface area contributed by atoms with Crippen LogP contribution in [0, 0.1) is 13.8 Å². The van der Waals surface area contributed by atoms with E-state index >= 15 is 0 Å². The average molecular weight is 213 g/mol. The first-order valence-corrected chi connectivity index (χ1v) is 4.87. The van der Waals surface area contributed by atoms with E-state index in [0.29, 0.717) is 6.42 Å². The molecule has 0 fully saturated rings. The zero-order valence-electron chi connectivity index (χ0n) is 8.25. The third-order valence-electron chi connectivity index (χ3n) is 2.17. The largest absolute Gasteiger partial charge is 0.480 e. The molecule has 0 radical (unpaired) electrons. The number of halogens is 1. The first-order chi connectivity index (χ1) is 6.50. The normalized spacial score (nSPS) is 12.5. The van der Waals surface area contributed by atoms with Gasteiger partial charge in [0, 0.05) is 0 Å². The molecule has 1 atom stereocenters. The number of alkyl halides is 1. The maximum absolute atomic E-state index is 10.6. The Morgan fingerprint density at radius 1 is 1.50 bits per heavy atom. The van der Waals surface area contributed by atoms with Gasteiger partial charge in [0.1, 0.15) is 5.38 Å². The fraction of sp³-hybridized carbons (Fsp3) is 0.364. The summed E-state index contributed by atoms with van der Waals surface area (Å²) in [6, 6.07) is 5.96. The van der Waals surface area contributed by atoms with E-state index in [-0.39, 0.29) is 0 Å². The Kier molecular flexibility index (Phi) is 3.53. The highest BCUT2D eigenvalue weighted by atomic mass is 35.5. The fourth-order valence-corrected chi connectivity index (χ4v) is 1.47. The van der Waals surface area contributed by atoms with Crippen LogP contribution in [0.3, 0.4) is 0 Å². The van der Waals surface area contributed by atoms with E-state index in [4.69, 9.17) is 16.7 Å². The van der Waals surface area contributed by atoms with Crippen LogP contribution in [0.1, 0.15) is 16.7 Å². The summed E-state index contributed by atoms with van der Waals surface area (Å²) in [4.78, 5) is 10.6. The van der Waals surface area contributed by atoms with Crippen LogP contribution in [-0.2, 0) is 11.2 Å². The van der Waals surface area contributed by atoms with Gasteiger partial charge < -0.3 is 5.11 Å². The van der Waals surface area contributed by atoms with Crippen LogP contribution in [-0.4, -0.2) is 16.5 Å². The fourth-order valence-electron chi connectivity index (χ4n) is 1.30. The van der Waals surface area contributed by atoms with E-state index in [1.165, 1.54) is 0 Å². The second-order valence-corrected chi connectivity index (χ2v) is 3.97. The molecule has 1 aromatic rings. The SMILES string of the molecule is Cc1ccc(C)c(CC(Cl)C(=O)O)c1. The van der Waals surface area contributed by atoms with Gasteiger partial charge in [-0.2, -0.15) is 0 Å². The third-order valence-corrected chi connectivity index (χ3v) is 2.51. The maximum atomic E-state index is 10.6. The topological polar surface area (TPSA) is 37.3 Å². The minimum absolute atomic E-state index is 0.379. The van der Waals surface area contributed by atoms with E-state index in [2.05, 4.69) is 0 Å². The molecule has 1 unspecified atom stereocenters. The molecule has 0 bridgehead atoms. The Bertz CT molecular complexity index is 347. The maximum Gasteiger partial charge on any atom is 0.321 e. The number of carboxylic acids is 1. The minimum atomic E-state index is -0.965. The van der Waals surface area contributed by atoms with Gasteiger partial charge in [-0.05, 0) is 31.4 Å². The van der Waals surface area contributed by atoms with Crippen LogP contribution in [0.15, 0.2) is 18.2 Å². The standard InChI is InChI=1S/C11H13ClO2/c1-7-3-4-8(2)9(5-7)6-10(12)11(13)14/h3-5,10H,6H2,1-2H3,(H,13,14). The highest BCUT2D eigenvalue weighted by Crippen LogP contribution is 2.15. The molecular weight excluding hydrogens is 200 g/mol. The number of aliphatic carboxylic acids is 1. The summed E-state index contributed by atoms with van der Waals surface area (Å²) in [5.41, 5.74) is 3.22. The van der Waals surface area contributed by atoms with Crippen molar-refractivity contribution in [2.24, 2.45) is 0 Å². The van der Waals surface area contributed by atoms with Gasteiger partial charge in [-0.15, -0.1) is 11.6 Å². The molecular formula is C11H13ClO2. The predicted molar refractivity (Wildman–Crippen MR) is 56.9 cm³/mol. The van der Waals surface area contributed by atoms with Crippen molar-refractivity contribution in [3.8, 4) is 0 Å². The molecule has 3 heteroatoms. The van der Waals surface area contributed by atoms with Crippen molar-refractivity contribution in [2.45, 2.75) is 25.6 Å². The van der Waals surface area contributed by atoms with Crippen LogP contribution in [0.4, 0.5) is 0 Å². The Hall–Kier alpha value is -1.02. The summed E-state index contributed by atoms with van der Waals surface area (Å²) in [5.74, 6) is -0.965. The van der Waals surface area contributed by atoms with Gasteiger partial charge in [0.2, 0.25) is 0 Å². The van der Waals surface area contributed by atoms with Gasteiger partial charge in [-0.3, -0.25) is 4.79 Å². The first kappa shape index (κ1) is 11.1. The summed E-state index contributed by atoms with van der Waals surface area (Å²) < 4.78 is 0. The second kappa shape index (κ2) is 4.47. The molecule has 1 N–H and O–H groups in total. The van der Waals surface area contributed by atoms with Gasteiger partial charge >= 0.3 is 5.97 Å². The average Bonchev–Trinajstić information content (AvgIpc) is 2.11. The summed E-state index contributed by atoms with van der Waals surface area (Å²) >= 11 is 5.68. The van der Waals surface area contributed by atoms with Crippen molar-refractivity contribution in [1.29, 1.82) is 0 Å². The van der Waals surface area contributed by atoms with Crippen LogP contribution in [0.2, 0.25) is 0 Å². The Morgan fingerprint density at radius 2 is 2.14 bits per heavy atom. The molecule has 1 rings (SSSR count). The van der Waals surface area contributed by atoms with Crippen molar-refractivity contribution in [3.05, 3.63) is 34.9 Å². The van der Waals surface area contributed by atoms with E-state index in [0.717, 1.165) is 16.7 Å². The predicted octanol–water partition coefficient (Wildman–Crippen LogP) is 2.54. The number of rotatable bonds is 3. The van der Waals surface area contributed by atoms with Gasteiger partial charge in [0.05, 0.1) is 0 Å². The number of aryl methyl sites for hydroxylation is 2. The smallest absolute Gasteiger partial charge is 0.321 e. The molecule has 2 nitrogen and oxygen atoms in total. The monoisotopic (exact) mass is 212 g/mol. The molecule has 14 heavy (non-hydrogen) atoms. The van der Waals surface area contributed by atoms with Crippen molar-refractivity contribution < 1.29 is 9.90 Å². The zero-order chi connectivity index (χ0) is 10.7. The van der Waals surface area contributed by atoms with Crippen molar-refractivity contribution in [3.63, 3.8) is 0 Å². The summed E-state index contributed by atoms with van der Waals surface area (Å²) in [6.45, 7) is 3.94. The van der Waals surface area contributed by atoms with E-state index < -0.39 is 11.3 Å². The van der Waals surface area contributed by atoms with E-state index in [1.807, 2.05) is 32.0 Å². The molecule has 0 aliphatic rings. The van der Waals surface area contributed by atoms with Crippen molar-refractivity contribution in [1.82, 2.24) is 0 Å². The lowest BCUT2D eigenvalue weighted by atomic mass is 10.0. The third kappa shape index (κ3) is 2.74. The van der Waals surface area contributed by atoms with Crippen LogP contribution < -0.4 is 0 Å². The number of carbonyl (C=O) groups is 1. The highest BCUT2D eigenvalue weighted by Gasteiger charge is 2.15. The molecule has 0 spiro atoms. The highest BCUT2D eigenvalue weighted by molar-refractivity contribution is 6.29. The lowest BCUT2D eigenvalue weighted by Gasteiger charge is -2.08. The lowest BCUT2D eigenvalue weighted by Crippen LogP contribution is -2.16. The van der Waals surface area contributed by atoms with Crippen LogP contribution in [0.25, 0.3) is 0 Å². The lowest BCUT2D eigenvalue weighted by molar-refractivity contribution is -0.136. The molecule has 0 aliphatic heterocycles. The zero-order valence-corrected chi connectivity index (χ0v) is 9.01. The molecule has 0 heterocycles. The molecule has 0 amide bonds. The van der Waals surface area contributed by atoms with Crippen LogP contribution in [0.5, 0.6) is 0 Å². The molecule has 0 aliphatic carbocycles. The van der Waals surface area contributed by atoms with E-state index in [9.17, 15) is 4.79 Å². The quantitative estimate of drug-likeness (QED) is 0.782. The van der Waals surface area contributed by atoms with Gasteiger partial charge in [0.25, 0.3) is 0 Å². The summed E-state index contributed by atoms with van der Waals surface area (Å²) in [6.07, 6.45) is 0.379. The molecule has 76 valence electrons. The van der Waals surface area contributed by atoms with Crippen LogP contribution >= 0.6 is 11.6 Å². The number of carboxylic acid groups (broad SMARTS) is 1. The minimum Gasteiger partial charge on any atom is -0.480 e. The number of benzene rings is 1. The number of hydrogen-bond donors (Lipinski definition) is 1. The molecule has 0 aromatic heterocycles. The Morgan fingerprint density at radius 3 is 2.71 bits per heavy atom. The van der Waals surface area contributed by atoms with Crippen molar-refractivity contribution in [2.75, 3.05) is 0 Å². The molecule has 0 saturated carbocycles. The Labute approximate surface area is 88.5 Å². The van der Waals surface area contributed by atoms with Gasteiger partial charge in [-0.1, -0.05) is 23.8 Å². The Balaban J connectivity index is 2.85. The molecule has 0 saturated heterocycles. The van der Waals surface area contributed by atoms with Crippen molar-refractivity contribution >= 4 is 17.6 Å². The first-order valence-electron chi connectivity index (χ1n) is 4.43.